The number of fused-ring (bicyclic) bond motifs is 1. The van der Waals surface area contributed by atoms with Gasteiger partial charge in [0.25, 0.3) is 0 Å². The molecule has 0 bridgehead atoms. The Kier molecular flexibility index (Phi) is 12.1. The molecular formula is C30H43ClN4O4. The van der Waals surface area contributed by atoms with E-state index < -0.39 is 18.3 Å². The fourth-order valence-corrected chi connectivity index (χ4v) is 4.86. The molecule has 1 unspecified atom stereocenters. The minimum absolute atomic E-state index is 0.152. The van der Waals surface area contributed by atoms with E-state index in [9.17, 15) is 14.7 Å². The molecule has 1 aliphatic rings. The number of likely N-dealkylation sites (N-methyl/N-ethyl adjacent to an activating group) is 1. The Morgan fingerprint density at radius 2 is 1.82 bits per heavy atom. The fourth-order valence-electron chi connectivity index (χ4n) is 4.73. The summed E-state index contributed by atoms with van der Waals surface area (Å²) >= 11 is 6.04. The fraction of sp³-hybridized carbons (Fsp3) is 0.533. The van der Waals surface area contributed by atoms with Crippen LogP contribution in [0.25, 0.3) is 0 Å². The minimum atomic E-state index is -0.921. The molecule has 1 aliphatic heterocycles. The van der Waals surface area contributed by atoms with Gasteiger partial charge >= 0.3 is 0 Å². The number of hydrogen-bond acceptors (Lipinski definition) is 6. The van der Waals surface area contributed by atoms with Crippen molar-refractivity contribution in [3.8, 4) is 5.75 Å². The number of aliphatic hydroxyl groups is 1. The van der Waals surface area contributed by atoms with E-state index in [1.807, 2.05) is 36.4 Å². The number of amides is 2. The van der Waals surface area contributed by atoms with Gasteiger partial charge in [-0.05, 0) is 62.1 Å². The number of carbonyl (C=O) groups excluding carboxylic acids is 2. The van der Waals surface area contributed by atoms with Crippen LogP contribution in [0.1, 0.15) is 44.7 Å². The van der Waals surface area contributed by atoms with Crippen LogP contribution in [0.4, 0.5) is 0 Å². The SMILES string of the molecule is CCC(C)[C@@H]1NCCOc2ccccc2CCCNC(=O)[C@@H](Cc2ccc(Cl)cc2)NC(=O)[C@@H](C)N(C)[C@@H]1O. The second-order valence-corrected chi connectivity index (χ2v) is 10.8. The third-order valence-electron chi connectivity index (χ3n) is 7.61. The van der Waals surface area contributed by atoms with E-state index in [0.29, 0.717) is 31.1 Å². The number of benzene rings is 2. The largest absolute Gasteiger partial charge is 0.492 e. The third kappa shape index (κ3) is 8.93. The van der Waals surface area contributed by atoms with Crippen molar-refractivity contribution < 1.29 is 19.4 Å². The van der Waals surface area contributed by atoms with E-state index in [0.717, 1.165) is 36.1 Å². The lowest BCUT2D eigenvalue weighted by Gasteiger charge is -2.37. The average molecular weight is 559 g/mol. The van der Waals surface area contributed by atoms with Crippen LogP contribution in [0.2, 0.25) is 5.02 Å². The third-order valence-corrected chi connectivity index (χ3v) is 7.86. The van der Waals surface area contributed by atoms with E-state index in [1.54, 1.807) is 31.0 Å². The summed E-state index contributed by atoms with van der Waals surface area (Å²) in [7, 11) is 1.73. The number of ether oxygens (including phenoxy) is 1. The number of halogens is 1. The van der Waals surface area contributed by atoms with E-state index >= 15 is 0 Å². The summed E-state index contributed by atoms with van der Waals surface area (Å²) in [6, 6.07) is 13.5. The lowest BCUT2D eigenvalue weighted by atomic mass is 9.96. The van der Waals surface area contributed by atoms with Gasteiger partial charge in [-0.25, -0.2) is 0 Å². The van der Waals surface area contributed by atoms with Crippen LogP contribution < -0.4 is 20.7 Å². The predicted molar refractivity (Wildman–Crippen MR) is 155 cm³/mol. The normalized spacial score (nSPS) is 25.3. The predicted octanol–water partition coefficient (Wildman–Crippen LogP) is 3.15. The lowest BCUT2D eigenvalue weighted by Crippen LogP contribution is -2.59. The molecule has 5 atom stereocenters. The molecular weight excluding hydrogens is 516 g/mol. The molecule has 4 N–H and O–H groups in total. The zero-order chi connectivity index (χ0) is 28.4. The van der Waals surface area contributed by atoms with E-state index in [2.05, 4.69) is 29.8 Å². The maximum absolute atomic E-state index is 13.3. The molecule has 9 heteroatoms. The van der Waals surface area contributed by atoms with Crippen LogP contribution >= 0.6 is 11.6 Å². The standard InChI is InChI=1S/C30H43ClN4O4/c1-5-20(2)27-30(38)35(4)21(3)28(36)34-25(19-22-12-14-24(31)15-13-22)29(37)33-16-8-10-23-9-6-7-11-26(23)39-18-17-32-27/h6-7,9,11-15,20-21,25,27,30,32,38H,5,8,10,16-19H2,1-4H3,(H,33,37)(H,34,36)/t20?,21-,25-,27+,30-/m1/s1. The number of hydrogen-bond donors (Lipinski definition) is 4. The first-order valence-electron chi connectivity index (χ1n) is 13.9. The van der Waals surface area contributed by atoms with Crippen molar-refractivity contribution in [1.82, 2.24) is 20.9 Å². The molecule has 0 spiro atoms. The second kappa shape index (κ2) is 15.2. The molecule has 1 heterocycles. The highest BCUT2D eigenvalue weighted by molar-refractivity contribution is 6.30. The van der Waals surface area contributed by atoms with Gasteiger partial charge in [0.1, 0.15) is 24.6 Å². The van der Waals surface area contributed by atoms with Gasteiger partial charge < -0.3 is 25.8 Å². The van der Waals surface area contributed by atoms with Gasteiger partial charge in [0.05, 0.1) is 6.04 Å². The van der Waals surface area contributed by atoms with Gasteiger partial charge in [0, 0.05) is 30.6 Å². The van der Waals surface area contributed by atoms with Gasteiger partial charge in [0.15, 0.2) is 0 Å². The smallest absolute Gasteiger partial charge is 0.242 e. The van der Waals surface area contributed by atoms with E-state index in [4.69, 9.17) is 16.3 Å². The molecule has 0 saturated carbocycles. The number of nitrogens with one attached hydrogen (secondary N) is 3. The molecule has 3 rings (SSSR count). The van der Waals surface area contributed by atoms with Gasteiger partial charge in [-0.1, -0.05) is 62.2 Å². The van der Waals surface area contributed by atoms with E-state index in [-0.39, 0.29) is 23.8 Å². The van der Waals surface area contributed by atoms with Gasteiger partial charge in [-0.3, -0.25) is 14.5 Å². The number of rotatable bonds is 4. The maximum atomic E-state index is 13.3. The van der Waals surface area contributed by atoms with Crippen molar-refractivity contribution in [3.63, 3.8) is 0 Å². The average Bonchev–Trinajstić information content (AvgIpc) is 2.94. The Labute approximate surface area is 237 Å². The molecule has 0 radical (unpaired) electrons. The first kappa shape index (κ1) is 30.9. The van der Waals surface area contributed by atoms with Crippen molar-refractivity contribution in [2.75, 3.05) is 26.7 Å². The van der Waals surface area contributed by atoms with Crippen molar-refractivity contribution in [2.24, 2.45) is 5.92 Å². The molecule has 2 amide bonds. The van der Waals surface area contributed by atoms with E-state index in [1.165, 1.54) is 0 Å². The number of para-hydroxylation sites is 1. The summed E-state index contributed by atoms with van der Waals surface area (Å²) in [4.78, 5) is 28.2. The topological polar surface area (TPSA) is 103 Å². The van der Waals surface area contributed by atoms with Crippen molar-refractivity contribution >= 4 is 23.4 Å². The lowest BCUT2D eigenvalue weighted by molar-refractivity contribution is -0.135. The van der Waals surface area contributed by atoms with Gasteiger partial charge in [0.2, 0.25) is 11.8 Å². The minimum Gasteiger partial charge on any atom is -0.492 e. The summed E-state index contributed by atoms with van der Waals surface area (Å²) in [5, 5.41) is 21.3. The summed E-state index contributed by atoms with van der Waals surface area (Å²) in [6.45, 7) is 7.35. The number of nitrogens with zero attached hydrogens (tertiary/aromatic N) is 1. The Balaban J connectivity index is 1.85. The Morgan fingerprint density at radius 1 is 1.10 bits per heavy atom. The Hall–Kier alpha value is -2.65. The molecule has 2 aromatic rings. The number of aliphatic hydroxyl groups excluding tert-OH is 1. The molecule has 0 aliphatic carbocycles. The highest BCUT2D eigenvalue weighted by Gasteiger charge is 2.33. The van der Waals surface area contributed by atoms with Crippen molar-refractivity contribution in [1.29, 1.82) is 0 Å². The van der Waals surface area contributed by atoms with Crippen LogP contribution in [0, 0.1) is 5.92 Å². The first-order chi connectivity index (χ1) is 18.7. The van der Waals surface area contributed by atoms with Crippen LogP contribution in [0.3, 0.4) is 0 Å². The quantitative estimate of drug-likeness (QED) is 0.460. The van der Waals surface area contributed by atoms with Crippen LogP contribution in [-0.4, -0.2) is 72.9 Å². The molecule has 214 valence electrons. The highest BCUT2D eigenvalue weighted by atomic mass is 35.5. The summed E-state index contributed by atoms with van der Waals surface area (Å²) in [6.07, 6.45) is 1.73. The van der Waals surface area contributed by atoms with Crippen LogP contribution in [0.5, 0.6) is 5.75 Å². The van der Waals surface area contributed by atoms with Gasteiger partial charge in [-0.15, -0.1) is 0 Å². The Morgan fingerprint density at radius 3 is 2.54 bits per heavy atom. The second-order valence-electron chi connectivity index (χ2n) is 10.4. The molecule has 0 saturated heterocycles. The van der Waals surface area contributed by atoms with Crippen LogP contribution in [-0.2, 0) is 22.4 Å². The maximum Gasteiger partial charge on any atom is 0.242 e. The molecule has 2 aromatic carbocycles. The number of aryl methyl sites for hydroxylation is 1. The molecule has 0 aromatic heterocycles. The highest BCUT2D eigenvalue weighted by Crippen LogP contribution is 2.20. The van der Waals surface area contributed by atoms with Crippen molar-refractivity contribution in [2.45, 2.75) is 70.8 Å². The summed E-state index contributed by atoms with van der Waals surface area (Å²) in [5.41, 5.74) is 1.96. The molecule has 8 nitrogen and oxygen atoms in total. The first-order valence-corrected chi connectivity index (χ1v) is 14.3. The molecule has 39 heavy (non-hydrogen) atoms. The van der Waals surface area contributed by atoms with Crippen molar-refractivity contribution in [3.05, 3.63) is 64.7 Å². The van der Waals surface area contributed by atoms with Gasteiger partial charge in [-0.2, -0.15) is 0 Å². The Bertz CT molecular complexity index is 1070. The zero-order valence-electron chi connectivity index (χ0n) is 23.5. The zero-order valence-corrected chi connectivity index (χ0v) is 24.2. The summed E-state index contributed by atoms with van der Waals surface area (Å²) < 4.78 is 6.09. The summed E-state index contributed by atoms with van der Waals surface area (Å²) in [5.74, 6) is 0.399. The van der Waals surface area contributed by atoms with Crippen LogP contribution in [0.15, 0.2) is 48.5 Å². The molecule has 0 fully saturated rings. The number of carbonyl (C=O) groups is 2. The monoisotopic (exact) mass is 558 g/mol.